The van der Waals surface area contributed by atoms with Crippen molar-refractivity contribution in [1.82, 2.24) is 4.90 Å². The van der Waals surface area contributed by atoms with Crippen LogP contribution in [0.2, 0.25) is 5.02 Å². The molecule has 0 amide bonds. The van der Waals surface area contributed by atoms with Crippen molar-refractivity contribution < 1.29 is 14.3 Å². The zero-order valence-corrected chi connectivity index (χ0v) is 11.4. The molecule has 0 aliphatic carbocycles. The van der Waals surface area contributed by atoms with Crippen molar-refractivity contribution in [3.8, 4) is 0 Å². The smallest absolute Gasteiger partial charge is 0.340 e. The molecule has 0 spiro atoms. The highest BCUT2D eigenvalue weighted by molar-refractivity contribution is 6.31. The monoisotopic (exact) mass is 284 g/mol. The minimum Gasteiger partial charge on any atom is -0.461 e. The number of halogens is 1. The molecule has 2 rings (SSSR count). The molecule has 1 fully saturated rings. The number of carbonyl (C=O) groups is 1. The molecule has 2 N–H and O–H groups in total. The van der Waals surface area contributed by atoms with Crippen LogP contribution in [-0.2, 0) is 9.47 Å². The summed E-state index contributed by atoms with van der Waals surface area (Å²) in [6.07, 6.45) is 0. The van der Waals surface area contributed by atoms with Gasteiger partial charge in [0.2, 0.25) is 0 Å². The zero-order valence-electron chi connectivity index (χ0n) is 10.6. The van der Waals surface area contributed by atoms with Crippen LogP contribution in [0.4, 0.5) is 5.69 Å². The summed E-state index contributed by atoms with van der Waals surface area (Å²) in [4.78, 5) is 14.0. The van der Waals surface area contributed by atoms with Gasteiger partial charge in [0, 0.05) is 30.3 Å². The Balaban J connectivity index is 1.82. The minimum atomic E-state index is -0.437. The first kappa shape index (κ1) is 14.1. The average Bonchev–Trinajstić information content (AvgIpc) is 2.42. The van der Waals surface area contributed by atoms with Gasteiger partial charge in [-0.2, -0.15) is 0 Å². The van der Waals surface area contributed by atoms with Crippen LogP contribution in [0.5, 0.6) is 0 Å². The molecule has 5 nitrogen and oxygen atoms in total. The van der Waals surface area contributed by atoms with E-state index in [9.17, 15) is 4.79 Å². The molecule has 0 atom stereocenters. The number of nitrogens with two attached hydrogens (primary N) is 1. The van der Waals surface area contributed by atoms with E-state index in [4.69, 9.17) is 26.8 Å². The third-order valence-corrected chi connectivity index (χ3v) is 3.21. The SMILES string of the molecule is Nc1ccc(Cl)cc1C(=O)OCCN1CCOCC1. The van der Waals surface area contributed by atoms with Gasteiger partial charge in [0.15, 0.2) is 0 Å². The molecular formula is C13H17ClN2O3. The van der Waals surface area contributed by atoms with Gasteiger partial charge in [0.25, 0.3) is 0 Å². The van der Waals surface area contributed by atoms with Gasteiger partial charge in [-0.05, 0) is 18.2 Å². The number of nitrogen functional groups attached to an aromatic ring is 1. The molecule has 0 bridgehead atoms. The van der Waals surface area contributed by atoms with Crippen LogP contribution in [0.15, 0.2) is 18.2 Å². The maximum atomic E-state index is 11.9. The molecule has 104 valence electrons. The van der Waals surface area contributed by atoms with E-state index in [-0.39, 0.29) is 0 Å². The van der Waals surface area contributed by atoms with Crippen LogP contribution in [0.3, 0.4) is 0 Å². The number of hydrogen-bond donors (Lipinski definition) is 1. The number of nitrogens with zero attached hydrogens (tertiary/aromatic N) is 1. The first-order valence-corrected chi connectivity index (χ1v) is 6.57. The summed E-state index contributed by atoms with van der Waals surface area (Å²) in [6.45, 7) is 4.25. The van der Waals surface area contributed by atoms with Gasteiger partial charge in [0.1, 0.15) is 6.61 Å². The first-order chi connectivity index (χ1) is 9.16. The van der Waals surface area contributed by atoms with E-state index < -0.39 is 5.97 Å². The van der Waals surface area contributed by atoms with Gasteiger partial charge in [-0.3, -0.25) is 4.90 Å². The summed E-state index contributed by atoms with van der Waals surface area (Å²) in [5.74, 6) is -0.437. The molecule has 1 aromatic carbocycles. The highest BCUT2D eigenvalue weighted by Gasteiger charge is 2.14. The van der Waals surface area contributed by atoms with Crippen molar-refractivity contribution >= 4 is 23.3 Å². The van der Waals surface area contributed by atoms with E-state index in [0.717, 1.165) is 26.3 Å². The van der Waals surface area contributed by atoms with E-state index in [1.165, 1.54) is 6.07 Å². The van der Waals surface area contributed by atoms with E-state index in [1.54, 1.807) is 12.1 Å². The number of esters is 1. The van der Waals surface area contributed by atoms with Crippen molar-refractivity contribution in [2.75, 3.05) is 45.2 Å². The number of morpholine rings is 1. The number of rotatable bonds is 4. The number of carbonyl (C=O) groups excluding carboxylic acids is 1. The minimum absolute atomic E-state index is 0.314. The topological polar surface area (TPSA) is 64.8 Å². The van der Waals surface area contributed by atoms with E-state index >= 15 is 0 Å². The van der Waals surface area contributed by atoms with Crippen molar-refractivity contribution in [3.63, 3.8) is 0 Å². The van der Waals surface area contributed by atoms with E-state index in [0.29, 0.717) is 29.4 Å². The van der Waals surface area contributed by atoms with Gasteiger partial charge in [-0.1, -0.05) is 11.6 Å². The number of anilines is 1. The predicted molar refractivity (Wildman–Crippen MR) is 73.4 cm³/mol. The Morgan fingerprint density at radius 3 is 2.89 bits per heavy atom. The number of benzene rings is 1. The summed E-state index contributed by atoms with van der Waals surface area (Å²) in [5, 5.41) is 0.467. The van der Waals surface area contributed by atoms with Crippen LogP contribution >= 0.6 is 11.6 Å². The fraction of sp³-hybridized carbons (Fsp3) is 0.462. The third kappa shape index (κ3) is 4.09. The Labute approximate surface area is 117 Å². The molecule has 19 heavy (non-hydrogen) atoms. The van der Waals surface area contributed by atoms with Gasteiger partial charge >= 0.3 is 5.97 Å². The zero-order chi connectivity index (χ0) is 13.7. The predicted octanol–water partition coefficient (Wildman–Crippen LogP) is 1.41. The van der Waals surface area contributed by atoms with Crippen LogP contribution in [0.25, 0.3) is 0 Å². The second-order valence-electron chi connectivity index (χ2n) is 4.32. The summed E-state index contributed by atoms with van der Waals surface area (Å²) in [6, 6.07) is 4.76. The van der Waals surface area contributed by atoms with Gasteiger partial charge < -0.3 is 15.2 Å². The lowest BCUT2D eigenvalue weighted by Gasteiger charge is -2.26. The molecule has 0 radical (unpaired) electrons. The van der Waals surface area contributed by atoms with Crippen LogP contribution < -0.4 is 5.73 Å². The van der Waals surface area contributed by atoms with Crippen molar-refractivity contribution in [2.24, 2.45) is 0 Å². The molecule has 1 saturated heterocycles. The number of hydrogen-bond acceptors (Lipinski definition) is 5. The Kier molecular flexibility index (Phi) is 5.01. The Bertz CT molecular complexity index is 448. The van der Waals surface area contributed by atoms with Crippen LogP contribution in [0.1, 0.15) is 10.4 Å². The summed E-state index contributed by atoms with van der Waals surface area (Å²) in [5.41, 5.74) is 6.41. The molecular weight excluding hydrogens is 268 g/mol. The lowest BCUT2D eigenvalue weighted by atomic mass is 10.2. The molecule has 1 aliphatic rings. The molecule has 1 aromatic rings. The van der Waals surface area contributed by atoms with Gasteiger partial charge in [-0.15, -0.1) is 0 Å². The molecule has 1 heterocycles. The first-order valence-electron chi connectivity index (χ1n) is 6.19. The second kappa shape index (κ2) is 6.75. The second-order valence-corrected chi connectivity index (χ2v) is 4.76. The third-order valence-electron chi connectivity index (χ3n) is 2.98. The maximum Gasteiger partial charge on any atom is 0.340 e. The maximum absolute atomic E-state index is 11.9. The van der Waals surface area contributed by atoms with Crippen molar-refractivity contribution in [1.29, 1.82) is 0 Å². The quantitative estimate of drug-likeness (QED) is 0.669. The highest BCUT2D eigenvalue weighted by Crippen LogP contribution is 2.18. The van der Waals surface area contributed by atoms with Crippen LogP contribution in [-0.4, -0.2) is 50.3 Å². The van der Waals surface area contributed by atoms with Crippen molar-refractivity contribution in [3.05, 3.63) is 28.8 Å². The molecule has 0 aromatic heterocycles. The standard InChI is InChI=1S/C13H17ClN2O3/c14-10-1-2-12(15)11(9-10)13(17)19-8-5-16-3-6-18-7-4-16/h1-2,9H,3-8,15H2. The Hall–Kier alpha value is -1.30. The Morgan fingerprint density at radius 1 is 1.42 bits per heavy atom. The molecule has 0 saturated carbocycles. The van der Waals surface area contributed by atoms with Crippen molar-refractivity contribution in [2.45, 2.75) is 0 Å². The summed E-state index contributed by atoms with van der Waals surface area (Å²) >= 11 is 5.83. The van der Waals surface area contributed by atoms with E-state index in [1.807, 2.05) is 0 Å². The summed E-state index contributed by atoms with van der Waals surface area (Å²) in [7, 11) is 0. The molecule has 1 aliphatic heterocycles. The van der Waals surface area contributed by atoms with Gasteiger partial charge in [-0.25, -0.2) is 4.79 Å². The van der Waals surface area contributed by atoms with E-state index in [2.05, 4.69) is 4.90 Å². The van der Waals surface area contributed by atoms with Gasteiger partial charge in [0.05, 0.1) is 18.8 Å². The lowest BCUT2D eigenvalue weighted by Crippen LogP contribution is -2.38. The number of ether oxygens (including phenoxy) is 2. The Morgan fingerprint density at radius 2 is 2.16 bits per heavy atom. The summed E-state index contributed by atoms with van der Waals surface area (Å²) < 4.78 is 10.5. The average molecular weight is 285 g/mol. The van der Waals surface area contributed by atoms with Crippen LogP contribution in [0, 0.1) is 0 Å². The normalized spacial score (nSPS) is 16.3. The fourth-order valence-corrected chi connectivity index (χ4v) is 2.05. The highest BCUT2D eigenvalue weighted by atomic mass is 35.5. The fourth-order valence-electron chi connectivity index (χ4n) is 1.88. The lowest BCUT2D eigenvalue weighted by molar-refractivity contribution is 0.0196. The molecule has 0 unspecified atom stereocenters. The molecule has 6 heteroatoms. The largest absolute Gasteiger partial charge is 0.461 e.